The average Bonchev–Trinajstić information content (AvgIpc) is 2.98. The van der Waals surface area contributed by atoms with Crippen LogP contribution in [0, 0.1) is 0 Å². The third-order valence-electron chi connectivity index (χ3n) is 6.96. The molecule has 7 nitrogen and oxygen atoms in total. The number of hydrogen-bond donors (Lipinski definition) is 2. The fraction of sp³-hybridized carbons (Fsp3) is 0.212. The van der Waals surface area contributed by atoms with Crippen molar-refractivity contribution in [3.05, 3.63) is 106 Å². The molecule has 0 saturated carbocycles. The zero-order valence-corrected chi connectivity index (χ0v) is 24.2. The summed E-state index contributed by atoms with van der Waals surface area (Å²) in [6.45, 7) is 1.73. The quantitative estimate of drug-likeness (QED) is 0.148. The van der Waals surface area contributed by atoms with Gasteiger partial charge in [-0.25, -0.2) is 0 Å². The second-order valence-corrected chi connectivity index (χ2v) is 11.0. The molecule has 1 aromatic heterocycles. The van der Waals surface area contributed by atoms with Gasteiger partial charge in [0.1, 0.15) is 0 Å². The molecule has 0 saturated heterocycles. The maximum absolute atomic E-state index is 13.0. The molecule has 1 amide bonds. The summed E-state index contributed by atoms with van der Waals surface area (Å²) in [4.78, 5) is 32.6. The van der Waals surface area contributed by atoms with E-state index in [0.29, 0.717) is 16.3 Å². The van der Waals surface area contributed by atoms with Crippen LogP contribution in [0.4, 0.5) is 5.69 Å². The largest absolute Gasteiger partial charge is 0.493 e. The van der Waals surface area contributed by atoms with E-state index in [4.69, 9.17) is 9.47 Å². The summed E-state index contributed by atoms with van der Waals surface area (Å²) in [7, 11) is 5.39. The first-order valence-electron chi connectivity index (χ1n) is 13.4. The van der Waals surface area contributed by atoms with Gasteiger partial charge in [-0.15, -0.1) is 11.8 Å². The summed E-state index contributed by atoms with van der Waals surface area (Å²) in [6.07, 6.45) is 0.161. The van der Waals surface area contributed by atoms with Crippen LogP contribution in [0.1, 0.15) is 11.1 Å². The number of rotatable bonds is 11. The molecule has 0 aliphatic carbocycles. The van der Waals surface area contributed by atoms with E-state index < -0.39 is 0 Å². The second-order valence-electron chi connectivity index (χ2n) is 9.86. The normalized spacial score (nSPS) is 11.2. The van der Waals surface area contributed by atoms with Crippen molar-refractivity contribution in [2.75, 3.05) is 38.9 Å². The first-order valence-corrected chi connectivity index (χ1v) is 14.4. The molecule has 0 bridgehead atoms. The molecule has 5 rings (SSSR count). The lowest BCUT2D eigenvalue weighted by Crippen LogP contribution is -2.20. The summed E-state index contributed by atoms with van der Waals surface area (Å²) in [6, 6.07) is 26.8. The van der Waals surface area contributed by atoms with Crippen LogP contribution in [0.5, 0.6) is 11.5 Å². The van der Waals surface area contributed by atoms with Crippen LogP contribution >= 0.6 is 11.8 Å². The summed E-state index contributed by atoms with van der Waals surface area (Å²) >= 11 is 1.77. The first kappa shape index (κ1) is 28.3. The van der Waals surface area contributed by atoms with Crippen molar-refractivity contribution >= 4 is 45.2 Å². The van der Waals surface area contributed by atoms with E-state index in [1.54, 1.807) is 32.0 Å². The van der Waals surface area contributed by atoms with Crippen LogP contribution in [0.3, 0.4) is 0 Å². The second kappa shape index (κ2) is 12.9. The van der Waals surface area contributed by atoms with Gasteiger partial charge < -0.3 is 24.7 Å². The van der Waals surface area contributed by atoms with Crippen LogP contribution in [0.25, 0.3) is 21.8 Å². The summed E-state index contributed by atoms with van der Waals surface area (Å²) in [5.41, 5.74) is 4.12. The predicted molar refractivity (Wildman–Crippen MR) is 167 cm³/mol. The van der Waals surface area contributed by atoms with Crippen molar-refractivity contribution in [3.63, 3.8) is 0 Å². The minimum absolute atomic E-state index is 0.0307. The molecule has 0 fully saturated rings. The molecule has 1 heterocycles. The van der Waals surface area contributed by atoms with E-state index in [9.17, 15) is 9.59 Å². The standard InChI is InChI=1S/C33H33N3O4S/c1-36(21-22-11-16-29(39-2)30(19-22)40-3)17-18-41-25-14-12-24(13-15-25)34-31(37)20-23-7-6-9-27-32(23)35-28-10-5-4-8-26(28)33(27)38/h4-16,19H,17-18,20-21H2,1-3H3,(H,34,37)(H,35,38). The van der Waals surface area contributed by atoms with Crippen LogP contribution in [-0.2, 0) is 17.8 Å². The molecular weight excluding hydrogens is 534 g/mol. The van der Waals surface area contributed by atoms with E-state index in [1.165, 1.54) is 5.56 Å². The number of anilines is 1. The van der Waals surface area contributed by atoms with Gasteiger partial charge in [-0.05, 0) is 72.8 Å². The lowest BCUT2D eigenvalue weighted by atomic mass is 10.0. The molecule has 8 heteroatoms. The minimum atomic E-state index is -0.135. The SMILES string of the molecule is COc1ccc(CN(C)CCSc2ccc(NC(=O)Cc3cccc4c(=O)c5ccccc5[nH]c34)cc2)cc1OC. The van der Waals surface area contributed by atoms with E-state index >= 15 is 0 Å². The number of hydrogen-bond acceptors (Lipinski definition) is 6. The van der Waals surface area contributed by atoms with Crippen LogP contribution < -0.4 is 20.2 Å². The van der Waals surface area contributed by atoms with Gasteiger partial charge in [0, 0.05) is 45.7 Å². The van der Waals surface area contributed by atoms with Crippen molar-refractivity contribution in [2.45, 2.75) is 17.9 Å². The highest BCUT2D eigenvalue weighted by Gasteiger charge is 2.12. The van der Waals surface area contributed by atoms with Gasteiger partial charge in [-0.1, -0.05) is 30.3 Å². The van der Waals surface area contributed by atoms with E-state index in [2.05, 4.69) is 28.3 Å². The molecule has 0 spiro atoms. The number of aromatic nitrogens is 1. The van der Waals surface area contributed by atoms with Crippen LogP contribution in [0.2, 0.25) is 0 Å². The summed E-state index contributed by atoms with van der Waals surface area (Å²) < 4.78 is 10.7. The Balaban J connectivity index is 1.14. The summed E-state index contributed by atoms with van der Waals surface area (Å²) in [5.74, 6) is 2.26. The number of fused-ring (bicyclic) bond motifs is 2. The zero-order chi connectivity index (χ0) is 28.8. The van der Waals surface area contributed by atoms with Crippen molar-refractivity contribution in [1.29, 1.82) is 0 Å². The average molecular weight is 568 g/mol. The maximum atomic E-state index is 13.0. The summed E-state index contributed by atoms with van der Waals surface area (Å²) in [5, 5.41) is 4.22. The molecule has 0 radical (unpaired) electrons. The number of ether oxygens (including phenoxy) is 2. The molecule has 2 N–H and O–H groups in total. The number of benzene rings is 4. The number of aromatic amines is 1. The number of nitrogens with one attached hydrogen (secondary N) is 2. The molecular formula is C33H33N3O4S. The topological polar surface area (TPSA) is 83.7 Å². The van der Waals surface area contributed by atoms with Crippen LogP contribution in [0.15, 0.2) is 94.6 Å². The van der Waals surface area contributed by atoms with Gasteiger partial charge in [0.2, 0.25) is 5.91 Å². The number of carbonyl (C=O) groups is 1. The van der Waals surface area contributed by atoms with Crippen molar-refractivity contribution < 1.29 is 14.3 Å². The Morgan fingerprint density at radius 3 is 2.44 bits per heavy atom. The van der Waals surface area contributed by atoms with Gasteiger partial charge in [-0.2, -0.15) is 0 Å². The van der Waals surface area contributed by atoms with Gasteiger partial charge in [0.05, 0.1) is 26.2 Å². The van der Waals surface area contributed by atoms with Gasteiger partial charge >= 0.3 is 0 Å². The fourth-order valence-electron chi connectivity index (χ4n) is 4.86. The predicted octanol–water partition coefficient (Wildman–Crippen LogP) is 6.10. The highest BCUT2D eigenvalue weighted by Crippen LogP contribution is 2.28. The zero-order valence-electron chi connectivity index (χ0n) is 23.4. The number of pyridine rings is 1. The molecule has 41 heavy (non-hydrogen) atoms. The van der Waals surface area contributed by atoms with E-state index in [1.807, 2.05) is 72.8 Å². The Labute approximate surface area is 243 Å². The number of amides is 1. The molecule has 210 valence electrons. The van der Waals surface area contributed by atoms with E-state index in [0.717, 1.165) is 52.0 Å². The highest BCUT2D eigenvalue weighted by atomic mass is 32.2. The number of para-hydroxylation sites is 2. The Kier molecular flexibility index (Phi) is 8.91. The van der Waals surface area contributed by atoms with Crippen LogP contribution in [-0.4, -0.2) is 49.4 Å². The number of carbonyl (C=O) groups excluding carboxylic acids is 1. The van der Waals surface area contributed by atoms with Crippen molar-refractivity contribution in [1.82, 2.24) is 9.88 Å². The molecule has 5 aromatic rings. The highest BCUT2D eigenvalue weighted by molar-refractivity contribution is 7.99. The minimum Gasteiger partial charge on any atom is -0.493 e. The Bertz CT molecular complexity index is 1730. The monoisotopic (exact) mass is 567 g/mol. The third-order valence-corrected chi connectivity index (χ3v) is 7.95. The number of thioether (sulfide) groups is 1. The number of nitrogens with zero attached hydrogens (tertiary/aromatic N) is 1. The number of methoxy groups -OCH3 is 2. The van der Waals surface area contributed by atoms with Crippen molar-refractivity contribution in [3.8, 4) is 11.5 Å². The molecule has 0 aliphatic heterocycles. The van der Waals surface area contributed by atoms with E-state index in [-0.39, 0.29) is 17.8 Å². The number of H-pyrrole nitrogens is 1. The smallest absolute Gasteiger partial charge is 0.228 e. The Morgan fingerprint density at radius 2 is 1.66 bits per heavy atom. The lowest BCUT2D eigenvalue weighted by molar-refractivity contribution is -0.115. The molecule has 0 aliphatic rings. The van der Waals surface area contributed by atoms with Crippen molar-refractivity contribution in [2.24, 2.45) is 0 Å². The third kappa shape index (κ3) is 6.73. The Hall–Kier alpha value is -4.27. The first-order chi connectivity index (χ1) is 19.9. The van der Waals surface area contributed by atoms with Gasteiger partial charge in [0.25, 0.3) is 0 Å². The lowest BCUT2D eigenvalue weighted by Gasteiger charge is -2.17. The molecule has 4 aromatic carbocycles. The maximum Gasteiger partial charge on any atom is 0.228 e. The Morgan fingerprint density at radius 1 is 0.902 bits per heavy atom. The van der Waals surface area contributed by atoms with Gasteiger partial charge in [0.15, 0.2) is 16.9 Å². The van der Waals surface area contributed by atoms with Gasteiger partial charge in [-0.3, -0.25) is 9.59 Å². The molecule has 0 atom stereocenters. The fourth-order valence-corrected chi connectivity index (χ4v) is 5.82. The molecule has 0 unspecified atom stereocenters.